The number of nitrogens with zero attached hydrogens (tertiary/aromatic N) is 4. The van der Waals surface area contributed by atoms with E-state index in [2.05, 4.69) is 8.75 Å². The van der Waals surface area contributed by atoms with E-state index in [4.69, 9.17) is 4.74 Å². The normalized spacial score (nSPS) is 23.4. The van der Waals surface area contributed by atoms with Crippen molar-refractivity contribution in [3.63, 3.8) is 0 Å². The molecule has 1 amide bonds. The average Bonchev–Trinajstić information content (AvgIpc) is 3.42. The monoisotopic (exact) mass is 438 g/mol. The Bertz CT molecular complexity index is 1040. The average molecular weight is 439 g/mol. The summed E-state index contributed by atoms with van der Waals surface area (Å²) in [7, 11) is -2.57. The van der Waals surface area contributed by atoms with Crippen molar-refractivity contribution in [1.82, 2.24) is 18.0 Å². The van der Waals surface area contributed by atoms with E-state index < -0.39 is 16.1 Å². The second kappa shape index (κ2) is 7.96. The zero-order chi connectivity index (χ0) is 20.6. The number of hydrogen-bond acceptors (Lipinski definition) is 8. The highest BCUT2D eigenvalue weighted by Crippen LogP contribution is 2.31. The van der Waals surface area contributed by atoms with Crippen molar-refractivity contribution in [2.24, 2.45) is 5.92 Å². The van der Waals surface area contributed by atoms with E-state index in [1.165, 1.54) is 17.5 Å². The maximum atomic E-state index is 13.4. The Morgan fingerprint density at radius 2 is 1.97 bits per heavy atom. The highest BCUT2D eigenvalue weighted by molar-refractivity contribution is 7.89. The van der Waals surface area contributed by atoms with Crippen molar-refractivity contribution >= 4 is 44.7 Å². The Labute approximate surface area is 173 Å². The van der Waals surface area contributed by atoms with Crippen LogP contribution in [-0.4, -0.2) is 71.0 Å². The maximum absolute atomic E-state index is 13.4. The number of fused-ring (bicyclic) bond motifs is 1. The molecule has 156 valence electrons. The number of amides is 1. The van der Waals surface area contributed by atoms with Crippen LogP contribution in [0.4, 0.5) is 0 Å². The minimum atomic E-state index is -3.90. The lowest BCUT2D eigenvalue weighted by Gasteiger charge is -2.35. The van der Waals surface area contributed by atoms with Crippen molar-refractivity contribution in [3.8, 4) is 0 Å². The summed E-state index contributed by atoms with van der Waals surface area (Å²) in [5.74, 6) is -0.941. The van der Waals surface area contributed by atoms with Gasteiger partial charge in [-0.3, -0.25) is 9.59 Å². The van der Waals surface area contributed by atoms with Crippen LogP contribution in [0.15, 0.2) is 23.1 Å². The van der Waals surface area contributed by atoms with Gasteiger partial charge in [0.1, 0.15) is 22.0 Å². The third-order valence-corrected chi connectivity index (χ3v) is 8.07. The van der Waals surface area contributed by atoms with Gasteiger partial charge in [-0.2, -0.15) is 13.1 Å². The third kappa shape index (κ3) is 3.62. The van der Waals surface area contributed by atoms with Gasteiger partial charge in [-0.25, -0.2) is 8.42 Å². The molecule has 1 aromatic carbocycles. The summed E-state index contributed by atoms with van der Waals surface area (Å²) in [5, 5.41) is 0. The van der Waals surface area contributed by atoms with Crippen LogP contribution in [0.1, 0.15) is 25.7 Å². The minimum absolute atomic E-state index is 0.0783. The maximum Gasteiger partial charge on any atom is 0.310 e. The molecule has 9 nitrogen and oxygen atoms in total. The molecule has 0 aliphatic carbocycles. The van der Waals surface area contributed by atoms with Gasteiger partial charge >= 0.3 is 5.97 Å². The van der Waals surface area contributed by atoms with Gasteiger partial charge in [-0.15, -0.1) is 0 Å². The first-order valence-electron chi connectivity index (χ1n) is 9.53. The number of ether oxygens (including phenoxy) is 1. The first kappa shape index (κ1) is 20.2. The molecular weight excluding hydrogens is 416 g/mol. The van der Waals surface area contributed by atoms with E-state index in [9.17, 15) is 18.0 Å². The van der Waals surface area contributed by atoms with E-state index in [1.54, 1.807) is 17.0 Å². The topological polar surface area (TPSA) is 110 Å². The van der Waals surface area contributed by atoms with E-state index in [0.717, 1.165) is 11.7 Å². The fraction of sp³-hybridized carbons (Fsp3) is 0.556. The summed E-state index contributed by atoms with van der Waals surface area (Å²) in [6.07, 6.45) is 2.43. The lowest BCUT2D eigenvalue weighted by Crippen LogP contribution is -2.51. The van der Waals surface area contributed by atoms with Crippen LogP contribution in [0.5, 0.6) is 0 Å². The Kier molecular flexibility index (Phi) is 5.54. The molecular formula is C18H22N4O5S2. The molecule has 3 heterocycles. The molecule has 2 unspecified atom stereocenters. The van der Waals surface area contributed by atoms with Crippen LogP contribution >= 0.6 is 11.7 Å². The van der Waals surface area contributed by atoms with Gasteiger partial charge in [0.05, 0.1) is 24.8 Å². The van der Waals surface area contributed by atoms with Gasteiger partial charge in [0.15, 0.2) is 0 Å². The van der Waals surface area contributed by atoms with Crippen LogP contribution in [-0.2, 0) is 24.3 Å². The molecule has 0 saturated carbocycles. The molecule has 2 aliphatic rings. The molecule has 0 bridgehead atoms. The van der Waals surface area contributed by atoms with Crippen LogP contribution in [0.3, 0.4) is 0 Å². The third-order valence-electron chi connectivity index (χ3n) is 5.59. The fourth-order valence-corrected chi connectivity index (χ4v) is 6.54. The zero-order valence-corrected chi connectivity index (χ0v) is 17.6. The van der Waals surface area contributed by atoms with Gasteiger partial charge in [-0.05, 0) is 37.8 Å². The molecule has 0 spiro atoms. The highest BCUT2D eigenvalue weighted by atomic mass is 32.2. The van der Waals surface area contributed by atoms with E-state index in [-0.39, 0.29) is 35.8 Å². The lowest BCUT2D eigenvalue weighted by atomic mass is 9.97. The molecule has 2 fully saturated rings. The van der Waals surface area contributed by atoms with Crippen molar-refractivity contribution in [1.29, 1.82) is 0 Å². The smallest absolute Gasteiger partial charge is 0.310 e. The number of sulfonamides is 1. The summed E-state index contributed by atoms with van der Waals surface area (Å²) in [5.41, 5.74) is 0.856. The quantitative estimate of drug-likeness (QED) is 0.661. The Hall–Kier alpha value is -2.11. The number of benzene rings is 1. The first-order valence-corrected chi connectivity index (χ1v) is 11.7. The zero-order valence-electron chi connectivity index (χ0n) is 16.0. The summed E-state index contributed by atoms with van der Waals surface area (Å²) in [6.45, 7) is 1.06. The van der Waals surface area contributed by atoms with Gasteiger partial charge in [-0.1, -0.05) is 6.07 Å². The number of carbonyl (C=O) groups is 2. The number of rotatable bonds is 4. The molecule has 2 aliphatic heterocycles. The SMILES string of the molecule is COC(=O)C1CCCN(C(=O)C2CCCN2S(=O)(=O)c2cccc3nsnc23)C1. The van der Waals surface area contributed by atoms with Crippen molar-refractivity contribution in [2.75, 3.05) is 26.7 Å². The molecule has 2 aromatic rings. The van der Waals surface area contributed by atoms with Crippen LogP contribution in [0, 0.1) is 5.92 Å². The van der Waals surface area contributed by atoms with Crippen molar-refractivity contribution < 1.29 is 22.7 Å². The van der Waals surface area contributed by atoms with Crippen molar-refractivity contribution in [2.45, 2.75) is 36.6 Å². The number of aromatic nitrogens is 2. The molecule has 29 heavy (non-hydrogen) atoms. The first-order chi connectivity index (χ1) is 13.9. The number of carbonyl (C=O) groups excluding carboxylic acids is 2. The molecule has 2 atom stereocenters. The second-order valence-corrected chi connectivity index (χ2v) is 9.70. The fourth-order valence-electron chi connectivity index (χ4n) is 4.14. The Balaban J connectivity index is 1.59. The van der Waals surface area contributed by atoms with Crippen LogP contribution < -0.4 is 0 Å². The molecule has 0 radical (unpaired) electrons. The highest BCUT2D eigenvalue weighted by Gasteiger charge is 2.43. The largest absolute Gasteiger partial charge is 0.469 e. The lowest BCUT2D eigenvalue weighted by molar-refractivity contribution is -0.149. The number of likely N-dealkylation sites (tertiary alicyclic amines) is 1. The van der Waals surface area contributed by atoms with E-state index >= 15 is 0 Å². The summed E-state index contributed by atoms with van der Waals surface area (Å²) in [6, 6.07) is 4.09. The van der Waals surface area contributed by atoms with Crippen molar-refractivity contribution in [3.05, 3.63) is 18.2 Å². The number of hydrogen-bond donors (Lipinski definition) is 0. The predicted molar refractivity (Wildman–Crippen MR) is 106 cm³/mol. The number of piperidine rings is 1. The van der Waals surface area contributed by atoms with Gasteiger partial charge < -0.3 is 9.64 Å². The molecule has 0 N–H and O–H groups in total. The Morgan fingerprint density at radius 1 is 1.17 bits per heavy atom. The minimum Gasteiger partial charge on any atom is -0.469 e. The van der Waals surface area contributed by atoms with Gasteiger partial charge in [0, 0.05) is 19.6 Å². The number of esters is 1. The Morgan fingerprint density at radius 3 is 2.76 bits per heavy atom. The molecule has 1 aromatic heterocycles. The molecule has 11 heteroatoms. The van der Waals surface area contributed by atoms with Crippen LogP contribution in [0.25, 0.3) is 11.0 Å². The van der Waals surface area contributed by atoms with Crippen LogP contribution in [0.2, 0.25) is 0 Å². The molecule has 4 rings (SSSR count). The summed E-state index contributed by atoms with van der Waals surface area (Å²) < 4.78 is 41.1. The summed E-state index contributed by atoms with van der Waals surface area (Å²) in [4.78, 5) is 26.8. The van der Waals surface area contributed by atoms with Gasteiger partial charge in [0.2, 0.25) is 15.9 Å². The summed E-state index contributed by atoms with van der Waals surface area (Å²) >= 11 is 0.959. The molecule has 2 saturated heterocycles. The second-order valence-electron chi connectivity index (χ2n) is 7.31. The van der Waals surface area contributed by atoms with E-state index in [1.807, 2.05) is 0 Å². The predicted octanol–water partition coefficient (Wildman–Crippen LogP) is 1.26. The number of methoxy groups -OCH3 is 1. The standard InChI is InChI=1S/C18H22N4O5S2/c1-27-18(24)12-5-3-9-21(11-12)17(23)14-7-4-10-22(14)29(25,26)15-8-2-6-13-16(15)20-28-19-13/h2,6,8,12,14H,3-5,7,9-11H2,1H3. The van der Waals surface area contributed by atoms with E-state index in [0.29, 0.717) is 43.3 Å². The van der Waals surface area contributed by atoms with Gasteiger partial charge in [0.25, 0.3) is 0 Å².